The lowest BCUT2D eigenvalue weighted by Gasteiger charge is -2.27. The van der Waals surface area contributed by atoms with Crippen LogP contribution in [0.5, 0.6) is 0 Å². The van der Waals surface area contributed by atoms with Gasteiger partial charge in [0.25, 0.3) is 0 Å². The van der Waals surface area contributed by atoms with Gasteiger partial charge in [-0.1, -0.05) is 72.8 Å². The van der Waals surface area contributed by atoms with Crippen molar-refractivity contribution in [3.05, 3.63) is 101 Å². The predicted molar refractivity (Wildman–Crippen MR) is 107 cm³/mol. The van der Waals surface area contributed by atoms with E-state index in [0.29, 0.717) is 6.54 Å². The van der Waals surface area contributed by atoms with Crippen LogP contribution >= 0.6 is 15.9 Å². The molecule has 0 saturated heterocycles. The largest absolute Gasteiger partial charge is 0.306 e. The normalized spacial score (nSPS) is 11.8. The van der Waals surface area contributed by atoms with Crippen LogP contribution in [0.4, 0.5) is 5.69 Å². The molecule has 3 aromatic carbocycles. The Morgan fingerprint density at radius 1 is 0.880 bits per heavy atom. The van der Waals surface area contributed by atoms with Gasteiger partial charge in [0.2, 0.25) is 5.91 Å². The van der Waals surface area contributed by atoms with Crippen LogP contribution in [0.3, 0.4) is 0 Å². The Hall–Kier alpha value is -2.39. The molecule has 0 N–H and O–H groups in total. The van der Waals surface area contributed by atoms with Gasteiger partial charge in [0.15, 0.2) is 0 Å². The number of hydrogen-bond donors (Lipinski definition) is 0. The molecule has 1 unspecified atom stereocenters. The van der Waals surface area contributed by atoms with Crippen LogP contribution in [0.25, 0.3) is 0 Å². The third kappa shape index (κ3) is 4.18. The summed E-state index contributed by atoms with van der Waals surface area (Å²) in [7, 11) is 0. The summed E-state index contributed by atoms with van der Waals surface area (Å²) in [4.78, 5) is 15.2. The van der Waals surface area contributed by atoms with Gasteiger partial charge in [0, 0.05) is 4.47 Å². The van der Waals surface area contributed by atoms with Crippen LogP contribution in [-0.4, -0.2) is 5.91 Å². The van der Waals surface area contributed by atoms with Crippen LogP contribution in [0.2, 0.25) is 0 Å². The second-order valence-electron chi connectivity index (χ2n) is 5.99. The van der Waals surface area contributed by atoms with E-state index >= 15 is 0 Å². The number of para-hydroxylation sites is 1. The van der Waals surface area contributed by atoms with Crippen molar-refractivity contribution in [1.82, 2.24) is 0 Å². The number of amides is 1. The molecule has 0 radical (unpaired) electrons. The molecule has 0 spiro atoms. The summed E-state index contributed by atoms with van der Waals surface area (Å²) in [5, 5.41) is 0. The molecule has 0 aromatic heterocycles. The molecular formula is C22H20BrNO. The van der Waals surface area contributed by atoms with Crippen molar-refractivity contribution in [1.29, 1.82) is 0 Å². The van der Waals surface area contributed by atoms with Crippen molar-refractivity contribution in [3.63, 3.8) is 0 Å². The molecule has 2 nitrogen and oxygen atoms in total. The Balaban J connectivity index is 1.96. The van der Waals surface area contributed by atoms with Crippen LogP contribution in [-0.2, 0) is 11.3 Å². The molecule has 0 bridgehead atoms. The van der Waals surface area contributed by atoms with Gasteiger partial charge in [-0.2, -0.15) is 0 Å². The van der Waals surface area contributed by atoms with Gasteiger partial charge >= 0.3 is 0 Å². The Morgan fingerprint density at radius 2 is 1.44 bits per heavy atom. The van der Waals surface area contributed by atoms with Crippen molar-refractivity contribution < 1.29 is 4.79 Å². The van der Waals surface area contributed by atoms with E-state index in [2.05, 4.69) is 15.9 Å². The molecule has 3 aromatic rings. The summed E-state index contributed by atoms with van der Waals surface area (Å²) in [5.41, 5.74) is 3.02. The third-order valence-corrected chi connectivity index (χ3v) is 4.93. The van der Waals surface area contributed by atoms with Gasteiger partial charge in [-0.05, 0) is 46.1 Å². The molecule has 126 valence electrons. The van der Waals surface area contributed by atoms with E-state index < -0.39 is 0 Å². The number of anilines is 1. The van der Waals surface area contributed by atoms with Crippen LogP contribution in [0.15, 0.2) is 89.4 Å². The van der Waals surface area contributed by atoms with Crippen molar-refractivity contribution in [3.8, 4) is 0 Å². The zero-order valence-electron chi connectivity index (χ0n) is 14.1. The van der Waals surface area contributed by atoms with E-state index in [-0.39, 0.29) is 11.8 Å². The van der Waals surface area contributed by atoms with Crippen molar-refractivity contribution >= 4 is 27.5 Å². The number of hydrogen-bond acceptors (Lipinski definition) is 1. The highest BCUT2D eigenvalue weighted by atomic mass is 79.9. The number of rotatable bonds is 5. The van der Waals surface area contributed by atoms with Crippen molar-refractivity contribution in [2.75, 3.05) is 4.90 Å². The first-order chi connectivity index (χ1) is 12.2. The SMILES string of the molecule is CC(C(=O)N(Cc1ccccc1)c1ccccc1Br)c1ccccc1. The van der Waals surface area contributed by atoms with E-state index in [1.165, 1.54) is 0 Å². The minimum Gasteiger partial charge on any atom is -0.306 e. The van der Waals surface area contributed by atoms with E-state index in [9.17, 15) is 4.79 Å². The average Bonchev–Trinajstić information content (AvgIpc) is 2.67. The van der Waals surface area contributed by atoms with E-state index in [0.717, 1.165) is 21.3 Å². The second kappa shape index (κ2) is 8.13. The number of carbonyl (C=O) groups is 1. The number of nitrogens with zero attached hydrogens (tertiary/aromatic N) is 1. The maximum Gasteiger partial charge on any atom is 0.234 e. The van der Waals surface area contributed by atoms with Crippen LogP contribution in [0.1, 0.15) is 24.0 Å². The zero-order valence-corrected chi connectivity index (χ0v) is 15.7. The lowest BCUT2D eigenvalue weighted by Crippen LogP contribution is -2.34. The monoisotopic (exact) mass is 393 g/mol. The fraction of sp³-hybridized carbons (Fsp3) is 0.136. The minimum absolute atomic E-state index is 0.0851. The van der Waals surface area contributed by atoms with Gasteiger partial charge in [-0.3, -0.25) is 4.79 Å². The standard InChI is InChI=1S/C22H20BrNO/c1-17(19-12-6-3-7-13-19)22(25)24(16-18-10-4-2-5-11-18)21-15-9-8-14-20(21)23/h2-15,17H,16H2,1H3. The fourth-order valence-electron chi connectivity index (χ4n) is 2.84. The van der Waals surface area contributed by atoms with Gasteiger partial charge < -0.3 is 4.90 Å². The molecule has 0 heterocycles. The Bertz CT molecular complexity index is 833. The number of benzene rings is 3. The van der Waals surface area contributed by atoms with Gasteiger partial charge in [-0.15, -0.1) is 0 Å². The number of halogens is 1. The average molecular weight is 394 g/mol. The van der Waals surface area contributed by atoms with Gasteiger partial charge in [0.1, 0.15) is 0 Å². The summed E-state index contributed by atoms with van der Waals surface area (Å²) >= 11 is 3.59. The summed E-state index contributed by atoms with van der Waals surface area (Å²) in [6, 6.07) is 27.8. The highest BCUT2D eigenvalue weighted by molar-refractivity contribution is 9.10. The van der Waals surface area contributed by atoms with Crippen molar-refractivity contribution in [2.24, 2.45) is 0 Å². The van der Waals surface area contributed by atoms with Crippen LogP contribution < -0.4 is 4.90 Å². The molecule has 0 saturated carbocycles. The summed E-state index contributed by atoms with van der Waals surface area (Å²) < 4.78 is 0.916. The molecule has 0 fully saturated rings. The maximum atomic E-state index is 13.3. The molecule has 25 heavy (non-hydrogen) atoms. The Kier molecular flexibility index (Phi) is 5.67. The van der Waals surface area contributed by atoms with Gasteiger partial charge in [-0.25, -0.2) is 0 Å². The topological polar surface area (TPSA) is 20.3 Å². The first-order valence-corrected chi connectivity index (χ1v) is 9.11. The molecular weight excluding hydrogens is 374 g/mol. The maximum absolute atomic E-state index is 13.3. The molecule has 1 atom stereocenters. The third-order valence-electron chi connectivity index (χ3n) is 4.26. The van der Waals surface area contributed by atoms with Crippen LogP contribution in [0, 0.1) is 0 Å². The molecule has 3 rings (SSSR count). The summed E-state index contributed by atoms with van der Waals surface area (Å²) in [5.74, 6) is -0.126. The zero-order chi connectivity index (χ0) is 17.6. The van der Waals surface area contributed by atoms with E-state index in [4.69, 9.17) is 0 Å². The molecule has 0 aliphatic carbocycles. The highest BCUT2D eigenvalue weighted by Crippen LogP contribution is 2.30. The van der Waals surface area contributed by atoms with E-state index in [1.807, 2.05) is 96.8 Å². The van der Waals surface area contributed by atoms with Gasteiger partial charge in [0.05, 0.1) is 18.2 Å². The minimum atomic E-state index is -0.211. The van der Waals surface area contributed by atoms with Crippen molar-refractivity contribution in [2.45, 2.75) is 19.4 Å². The quantitative estimate of drug-likeness (QED) is 0.537. The fourth-order valence-corrected chi connectivity index (χ4v) is 3.34. The smallest absolute Gasteiger partial charge is 0.234 e. The first kappa shape index (κ1) is 17.4. The molecule has 1 amide bonds. The predicted octanol–water partition coefficient (Wildman–Crippen LogP) is 5.79. The Labute approximate surface area is 157 Å². The second-order valence-corrected chi connectivity index (χ2v) is 6.85. The molecule has 3 heteroatoms. The van der Waals surface area contributed by atoms with E-state index in [1.54, 1.807) is 0 Å². The lowest BCUT2D eigenvalue weighted by atomic mass is 9.99. The summed E-state index contributed by atoms with van der Waals surface area (Å²) in [6.45, 7) is 2.51. The first-order valence-electron chi connectivity index (χ1n) is 8.31. The lowest BCUT2D eigenvalue weighted by molar-refractivity contribution is -0.119. The Morgan fingerprint density at radius 3 is 2.08 bits per heavy atom. The number of carbonyl (C=O) groups excluding carboxylic acids is 1. The highest BCUT2D eigenvalue weighted by Gasteiger charge is 2.24. The molecule has 0 aliphatic heterocycles. The molecule has 0 aliphatic rings. The summed E-state index contributed by atoms with van der Waals surface area (Å²) in [6.07, 6.45) is 0.